The van der Waals surface area contributed by atoms with Gasteiger partial charge in [0.25, 0.3) is 0 Å². The molecule has 0 amide bonds. The summed E-state index contributed by atoms with van der Waals surface area (Å²) in [5, 5.41) is 9.77. The van der Waals surface area contributed by atoms with E-state index in [1.54, 1.807) is 0 Å². The molecule has 1 saturated carbocycles. The van der Waals surface area contributed by atoms with E-state index in [0.717, 1.165) is 25.0 Å². The van der Waals surface area contributed by atoms with Crippen LogP contribution in [0.15, 0.2) is 12.1 Å². The summed E-state index contributed by atoms with van der Waals surface area (Å²) in [5.41, 5.74) is 0.285. The van der Waals surface area contributed by atoms with Gasteiger partial charge >= 0.3 is 0 Å². The van der Waals surface area contributed by atoms with Gasteiger partial charge in [-0.1, -0.05) is 11.6 Å². The normalized spacial score (nSPS) is 18.3. The molecule has 0 spiro atoms. The predicted molar refractivity (Wildman–Crippen MR) is 49.1 cm³/mol. The molecule has 0 saturated heterocycles. The zero-order valence-corrected chi connectivity index (χ0v) is 8.06. The van der Waals surface area contributed by atoms with Crippen molar-refractivity contribution >= 4 is 11.6 Å². The largest absolute Gasteiger partial charge is 0.388 e. The van der Waals surface area contributed by atoms with Crippen molar-refractivity contribution in [3.63, 3.8) is 0 Å². The molecule has 1 aliphatic carbocycles. The first-order valence-corrected chi connectivity index (χ1v) is 4.80. The molecule has 1 N–H and O–H groups in total. The maximum absolute atomic E-state index is 12.9. The highest BCUT2D eigenvalue weighted by Gasteiger charge is 2.32. The fraction of sp³-hybridized carbons (Fsp3) is 0.400. The fourth-order valence-electron chi connectivity index (χ4n) is 1.43. The summed E-state index contributed by atoms with van der Waals surface area (Å²) in [7, 11) is 0. The molecule has 1 atom stereocenters. The second-order valence-corrected chi connectivity index (χ2v) is 3.98. The monoisotopic (exact) mass is 218 g/mol. The van der Waals surface area contributed by atoms with Gasteiger partial charge in [-0.15, -0.1) is 0 Å². The predicted octanol–water partition coefficient (Wildman–Crippen LogP) is 3.06. The molecule has 0 aromatic heterocycles. The summed E-state index contributed by atoms with van der Waals surface area (Å²) in [6.07, 6.45) is 1.06. The van der Waals surface area contributed by atoms with Gasteiger partial charge < -0.3 is 5.11 Å². The van der Waals surface area contributed by atoms with E-state index in [1.807, 2.05) is 0 Å². The number of aliphatic hydroxyl groups excluding tert-OH is 1. The lowest BCUT2D eigenvalue weighted by molar-refractivity contribution is 0.153. The third-order valence-corrected chi connectivity index (χ3v) is 2.75. The summed E-state index contributed by atoms with van der Waals surface area (Å²) in [6, 6.07) is 1.87. The first-order valence-electron chi connectivity index (χ1n) is 4.42. The molecular weight excluding hydrogens is 210 g/mol. The van der Waals surface area contributed by atoms with E-state index in [0.29, 0.717) is 0 Å². The van der Waals surface area contributed by atoms with E-state index >= 15 is 0 Å². The Morgan fingerprint density at radius 1 is 1.29 bits per heavy atom. The molecule has 1 nitrogen and oxygen atoms in total. The molecule has 0 aliphatic heterocycles. The minimum Gasteiger partial charge on any atom is -0.388 e. The van der Waals surface area contributed by atoms with Crippen molar-refractivity contribution < 1.29 is 13.9 Å². The number of hydrogen-bond donors (Lipinski definition) is 1. The quantitative estimate of drug-likeness (QED) is 0.757. The number of rotatable bonds is 2. The Hall–Kier alpha value is -0.670. The van der Waals surface area contributed by atoms with Gasteiger partial charge in [0, 0.05) is 10.6 Å². The molecule has 14 heavy (non-hydrogen) atoms. The minimum atomic E-state index is -0.984. The zero-order chi connectivity index (χ0) is 10.3. The van der Waals surface area contributed by atoms with E-state index in [2.05, 4.69) is 0 Å². The summed E-state index contributed by atoms with van der Waals surface area (Å²) in [4.78, 5) is 0. The smallest absolute Gasteiger partial charge is 0.160 e. The lowest BCUT2D eigenvalue weighted by atomic mass is 10.1. The second-order valence-electron chi connectivity index (χ2n) is 3.57. The van der Waals surface area contributed by atoms with Crippen LogP contribution < -0.4 is 0 Å². The molecule has 4 heteroatoms. The van der Waals surface area contributed by atoms with Crippen molar-refractivity contribution in [1.82, 2.24) is 0 Å². The van der Waals surface area contributed by atoms with E-state index < -0.39 is 17.7 Å². The van der Waals surface area contributed by atoms with E-state index in [-0.39, 0.29) is 16.5 Å². The van der Waals surface area contributed by atoms with Gasteiger partial charge in [-0.05, 0) is 30.9 Å². The van der Waals surface area contributed by atoms with Crippen LogP contribution in [0.2, 0.25) is 5.02 Å². The maximum Gasteiger partial charge on any atom is 0.160 e. The fourth-order valence-corrected chi connectivity index (χ4v) is 1.69. The highest BCUT2D eigenvalue weighted by atomic mass is 35.5. The topological polar surface area (TPSA) is 20.2 Å². The molecule has 0 heterocycles. The van der Waals surface area contributed by atoms with Crippen molar-refractivity contribution in [1.29, 1.82) is 0 Å². The molecule has 2 rings (SSSR count). The summed E-state index contributed by atoms with van der Waals surface area (Å²) in [6.45, 7) is 0. The average Bonchev–Trinajstić information content (AvgIpc) is 2.93. The van der Waals surface area contributed by atoms with E-state index in [4.69, 9.17) is 11.6 Å². The molecule has 76 valence electrons. The van der Waals surface area contributed by atoms with Crippen molar-refractivity contribution in [2.24, 2.45) is 5.92 Å². The highest BCUT2D eigenvalue weighted by molar-refractivity contribution is 6.31. The Morgan fingerprint density at radius 3 is 2.43 bits per heavy atom. The van der Waals surface area contributed by atoms with Crippen LogP contribution in [0.1, 0.15) is 24.5 Å². The van der Waals surface area contributed by atoms with Gasteiger partial charge in [0.15, 0.2) is 11.6 Å². The molecule has 1 aromatic carbocycles. The van der Waals surface area contributed by atoms with Crippen LogP contribution in [-0.2, 0) is 0 Å². The van der Waals surface area contributed by atoms with Crippen LogP contribution >= 0.6 is 11.6 Å². The van der Waals surface area contributed by atoms with Crippen LogP contribution in [0.25, 0.3) is 0 Å². The summed E-state index contributed by atoms with van der Waals surface area (Å²) in [5.74, 6) is -1.80. The van der Waals surface area contributed by atoms with Gasteiger partial charge in [0.05, 0.1) is 6.10 Å². The van der Waals surface area contributed by atoms with Crippen LogP contribution in [0, 0.1) is 17.6 Å². The second kappa shape index (κ2) is 3.48. The molecule has 0 radical (unpaired) electrons. The SMILES string of the molecule is OC(c1cc(F)c(F)cc1Cl)C1CC1. The lowest BCUT2D eigenvalue weighted by Gasteiger charge is -2.11. The number of halogens is 3. The molecule has 1 fully saturated rings. The first kappa shape index (κ1) is 9.87. The van der Waals surface area contributed by atoms with Crippen molar-refractivity contribution in [2.75, 3.05) is 0 Å². The van der Waals surface area contributed by atoms with Crippen LogP contribution in [0.5, 0.6) is 0 Å². The lowest BCUT2D eigenvalue weighted by Crippen LogP contribution is -2.02. The first-order chi connectivity index (χ1) is 6.59. The van der Waals surface area contributed by atoms with Gasteiger partial charge in [-0.2, -0.15) is 0 Å². The van der Waals surface area contributed by atoms with E-state index in [1.165, 1.54) is 0 Å². The zero-order valence-electron chi connectivity index (χ0n) is 7.30. The Morgan fingerprint density at radius 2 is 1.86 bits per heavy atom. The Labute approximate surface area is 85.3 Å². The molecule has 1 aliphatic rings. The summed E-state index contributed by atoms with van der Waals surface area (Å²) >= 11 is 5.70. The third kappa shape index (κ3) is 1.74. The number of hydrogen-bond acceptors (Lipinski definition) is 1. The Kier molecular flexibility index (Phi) is 2.45. The standard InChI is InChI=1S/C10H9ClF2O/c11-7-4-9(13)8(12)3-6(7)10(14)5-1-2-5/h3-5,10,14H,1-2H2. The van der Waals surface area contributed by atoms with Gasteiger partial charge in [0.2, 0.25) is 0 Å². The van der Waals surface area contributed by atoms with Crippen LogP contribution in [-0.4, -0.2) is 5.11 Å². The van der Waals surface area contributed by atoms with Crippen molar-refractivity contribution in [3.05, 3.63) is 34.4 Å². The Bertz CT molecular complexity index is 363. The van der Waals surface area contributed by atoms with Gasteiger partial charge in [-0.25, -0.2) is 8.78 Å². The summed E-state index contributed by atoms with van der Waals surface area (Å²) < 4.78 is 25.6. The van der Waals surface area contributed by atoms with Crippen LogP contribution in [0.3, 0.4) is 0 Å². The van der Waals surface area contributed by atoms with Gasteiger partial charge in [-0.3, -0.25) is 0 Å². The van der Waals surface area contributed by atoms with Crippen molar-refractivity contribution in [2.45, 2.75) is 18.9 Å². The number of benzene rings is 1. The maximum atomic E-state index is 12.9. The highest BCUT2D eigenvalue weighted by Crippen LogP contribution is 2.43. The average molecular weight is 219 g/mol. The van der Waals surface area contributed by atoms with Crippen LogP contribution in [0.4, 0.5) is 8.78 Å². The Balaban J connectivity index is 2.36. The molecule has 1 aromatic rings. The van der Waals surface area contributed by atoms with Gasteiger partial charge in [0.1, 0.15) is 0 Å². The molecule has 0 bridgehead atoms. The minimum absolute atomic E-state index is 0.0864. The molecular formula is C10H9ClF2O. The molecule has 1 unspecified atom stereocenters. The third-order valence-electron chi connectivity index (χ3n) is 2.43. The van der Waals surface area contributed by atoms with Crippen molar-refractivity contribution in [3.8, 4) is 0 Å². The number of aliphatic hydroxyl groups is 1. The van der Waals surface area contributed by atoms with E-state index in [9.17, 15) is 13.9 Å².